The highest BCUT2D eigenvalue weighted by Gasteiger charge is 2.27. The van der Waals surface area contributed by atoms with Crippen molar-refractivity contribution in [1.29, 1.82) is 0 Å². The van der Waals surface area contributed by atoms with Crippen molar-refractivity contribution in [3.63, 3.8) is 0 Å². The van der Waals surface area contributed by atoms with Crippen LogP contribution in [0.5, 0.6) is 5.75 Å². The smallest absolute Gasteiger partial charge is 0.276 e. The van der Waals surface area contributed by atoms with E-state index in [2.05, 4.69) is 0 Å². The summed E-state index contributed by atoms with van der Waals surface area (Å²) in [5, 5.41) is 10.7. The topological polar surface area (TPSA) is 121 Å². The van der Waals surface area contributed by atoms with E-state index in [0.717, 1.165) is 0 Å². The molecule has 7 nitrogen and oxygen atoms in total. The Kier molecular flexibility index (Phi) is 3.87. The highest BCUT2D eigenvalue weighted by atomic mass is 16.6. The molecular weight excluding hydrogens is 238 g/mol. The summed E-state index contributed by atoms with van der Waals surface area (Å²) >= 11 is 0. The first-order chi connectivity index (χ1) is 8.24. The van der Waals surface area contributed by atoms with Crippen LogP contribution in [0.1, 0.15) is 12.5 Å². The highest BCUT2D eigenvalue weighted by Crippen LogP contribution is 2.24. The number of primary amides is 1. The predicted molar refractivity (Wildman–Crippen MR) is 65.1 cm³/mol. The summed E-state index contributed by atoms with van der Waals surface area (Å²) in [5.41, 5.74) is 9.84. The molecule has 0 aliphatic heterocycles. The third-order valence-corrected chi connectivity index (χ3v) is 2.48. The van der Waals surface area contributed by atoms with Crippen LogP contribution in [0.25, 0.3) is 0 Å². The Morgan fingerprint density at radius 2 is 2.17 bits per heavy atom. The Bertz CT molecular complexity index is 485. The van der Waals surface area contributed by atoms with Crippen molar-refractivity contribution in [2.45, 2.75) is 19.4 Å². The molecular formula is C11H15N3O4. The quantitative estimate of drug-likeness (QED) is 0.584. The van der Waals surface area contributed by atoms with Gasteiger partial charge in [0.25, 0.3) is 5.69 Å². The van der Waals surface area contributed by atoms with Gasteiger partial charge in [0.05, 0.1) is 11.0 Å². The van der Waals surface area contributed by atoms with Gasteiger partial charge >= 0.3 is 0 Å². The summed E-state index contributed by atoms with van der Waals surface area (Å²) in [4.78, 5) is 21.2. The number of carbonyl (C=O) groups is 1. The van der Waals surface area contributed by atoms with Gasteiger partial charge in [-0.25, -0.2) is 0 Å². The minimum absolute atomic E-state index is 0.0506. The lowest BCUT2D eigenvalue weighted by atomic mass is 10.1. The molecule has 0 saturated heterocycles. The first-order valence-corrected chi connectivity index (χ1v) is 5.20. The van der Waals surface area contributed by atoms with Crippen molar-refractivity contribution in [3.05, 3.63) is 33.9 Å². The molecule has 0 aliphatic rings. The molecule has 0 spiro atoms. The van der Waals surface area contributed by atoms with Gasteiger partial charge in [-0.1, -0.05) is 0 Å². The maximum absolute atomic E-state index is 11.0. The summed E-state index contributed by atoms with van der Waals surface area (Å²) in [7, 11) is 0. The first kappa shape index (κ1) is 13.9. The number of ether oxygens (including phenoxy) is 1. The van der Waals surface area contributed by atoms with Gasteiger partial charge in [-0.3, -0.25) is 14.9 Å². The third-order valence-electron chi connectivity index (χ3n) is 2.48. The van der Waals surface area contributed by atoms with E-state index in [4.69, 9.17) is 16.2 Å². The molecule has 4 N–H and O–H groups in total. The molecule has 98 valence electrons. The van der Waals surface area contributed by atoms with Crippen LogP contribution in [-0.4, -0.2) is 23.0 Å². The van der Waals surface area contributed by atoms with Crippen LogP contribution in [0.15, 0.2) is 18.2 Å². The van der Waals surface area contributed by atoms with Gasteiger partial charge in [0.1, 0.15) is 17.9 Å². The zero-order valence-corrected chi connectivity index (χ0v) is 10.2. The number of nitro benzene ring substituents is 1. The fraction of sp³-hybridized carbons (Fsp3) is 0.364. The average Bonchev–Trinajstić information content (AvgIpc) is 2.27. The fourth-order valence-electron chi connectivity index (χ4n) is 1.18. The number of amides is 1. The van der Waals surface area contributed by atoms with E-state index in [1.807, 2.05) is 0 Å². The molecule has 1 atom stereocenters. The third kappa shape index (κ3) is 3.17. The molecule has 0 saturated carbocycles. The summed E-state index contributed by atoms with van der Waals surface area (Å²) in [6.07, 6.45) is 0. The van der Waals surface area contributed by atoms with Crippen molar-refractivity contribution in [3.8, 4) is 5.75 Å². The molecule has 0 fully saturated rings. The van der Waals surface area contributed by atoms with E-state index in [0.29, 0.717) is 5.56 Å². The highest BCUT2D eigenvalue weighted by molar-refractivity contribution is 5.84. The summed E-state index contributed by atoms with van der Waals surface area (Å²) in [6.45, 7) is 2.90. The molecule has 0 radical (unpaired) electrons. The second-order valence-corrected chi connectivity index (χ2v) is 4.28. The minimum Gasteiger partial charge on any atom is -0.491 e. The van der Waals surface area contributed by atoms with E-state index in [9.17, 15) is 14.9 Å². The number of aryl methyl sites for hydroxylation is 1. The maximum Gasteiger partial charge on any atom is 0.276 e. The van der Waals surface area contributed by atoms with E-state index in [1.54, 1.807) is 19.1 Å². The molecule has 1 unspecified atom stereocenters. The van der Waals surface area contributed by atoms with Gasteiger partial charge in [-0.05, 0) is 26.0 Å². The van der Waals surface area contributed by atoms with E-state index in [-0.39, 0.29) is 18.0 Å². The van der Waals surface area contributed by atoms with Gasteiger partial charge in [0.15, 0.2) is 0 Å². The Hall–Kier alpha value is -2.15. The minimum atomic E-state index is -1.32. The van der Waals surface area contributed by atoms with Crippen LogP contribution in [0.4, 0.5) is 5.69 Å². The predicted octanol–water partition coefficient (Wildman–Crippen LogP) is 0.485. The van der Waals surface area contributed by atoms with Gasteiger partial charge < -0.3 is 16.2 Å². The second kappa shape index (κ2) is 5.01. The number of hydrogen-bond donors (Lipinski definition) is 2. The van der Waals surface area contributed by atoms with Crippen LogP contribution in [0, 0.1) is 17.0 Å². The van der Waals surface area contributed by atoms with Gasteiger partial charge in [-0.15, -0.1) is 0 Å². The van der Waals surface area contributed by atoms with Crippen molar-refractivity contribution >= 4 is 11.6 Å². The standard InChI is InChI=1S/C11H15N3O4/c1-7-3-4-8(5-9(7)14(16)17)18-6-11(2,13)10(12)15/h3-5H,6,13H2,1-2H3,(H2,12,15). The van der Waals surface area contributed by atoms with Crippen molar-refractivity contribution in [2.24, 2.45) is 11.5 Å². The first-order valence-electron chi connectivity index (χ1n) is 5.20. The number of nitrogens with two attached hydrogens (primary N) is 2. The second-order valence-electron chi connectivity index (χ2n) is 4.28. The van der Waals surface area contributed by atoms with Crippen LogP contribution < -0.4 is 16.2 Å². The Morgan fingerprint density at radius 1 is 1.56 bits per heavy atom. The number of hydrogen-bond acceptors (Lipinski definition) is 5. The Labute approximate surface area is 104 Å². The summed E-state index contributed by atoms with van der Waals surface area (Å²) < 4.78 is 5.25. The lowest BCUT2D eigenvalue weighted by Crippen LogP contribution is -2.53. The SMILES string of the molecule is Cc1ccc(OCC(C)(N)C(N)=O)cc1[N+](=O)[O-]. The molecule has 1 rings (SSSR count). The monoisotopic (exact) mass is 253 g/mol. The molecule has 18 heavy (non-hydrogen) atoms. The Balaban J connectivity index is 2.84. The maximum atomic E-state index is 11.0. The molecule has 7 heteroatoms. The van der Waals surface area contributed by atoms with Crippen LogP contribution in [-0.2, 0) is 4.79 Å². The number of nitro groups is 1. The zero-order chi connectivity index (χ0) is 13.9. The number of benzene rings is 1. The van der Waals surface area contributed by atoms with Gasteiger partial charge in [0, 0.05) is 5.56 Å². The fourth-order valence-corrected chi connectivity index (χ4v) is 1.18. The molecule has 0 aromatic heterocycles. The molecule has 0 heterocycles. The largest absolute Gasteiger partial charge is 0.491 e. The Morgan fingerprint density at radius 3 is 2.67 bits per heavy atom. The van der Waals surface area contributed by atoms with Gasteiger partial charge in [0.2, 0.25) is 5.91 Å². The van der Waals surface area contributed by atoms with Crippen LogP contribution >= 0.6 is 0 Å². The van der Waals surface area contributed by atoms with Crippen molar-refractivity contribution in [1.82, 2.24) is 0 Å². The van der Waals surface area contributed by atoms with E-state index in [1.165, 1.54) is 13.0 Å². The lowest BCUT2D eigenvalue weighted by molar-refractivity contribution is -0.385. The molecule has 1 aromatic rings. The average molecular weight is 253 g/mol. The lowest BCUT2D eigenvalue weighted by Gasteiger charge is -2.20. The molecule has 0 bridgehead atoms. The molecule has 0 aliphatic carbocycles. The van der Waals surface area contributed by atoms with Crippen molar-refractivity contribution in [2.75, 3.05) is 6.61 Å². The van der Waals surface area contributed by atoms with E-state index >= 15 is 0 Å². The van der Waals surface area contributed by atoms with Crippen LogP contribution in [0.3, 0.4) is 0 Å². The summed E-state index contributed by atoms with van der Waals surface area (Å²) in [5.74, 6) is -0.436. The zero-order valence-electron chi connectivity index (χ0n) is 10.2. The summed E-state index contributed by atoms with van der Waals surface area (Å²) in [6, 6.07) is 4.41. The number of nitrogens with zero attached hydrogens (tertiary/aromatic N) is 1. The number of rotatable bonds is 5. The number of carbonyl (C=O) groups excluding carboxylic acids is 1. The van der Waals surface area contributed by atoms with Gasteiger partial charge in [-0.2, -0.15) is 0 Å². The van der Waals surface area contributed by atoms with Crippen molar-refractivity contribution < 1.29 is 14.5 Å². The van der Waals surface area contributed by atoms with E-state index < -0.39 is 16.4 Å². The van der Waals surface area contributed by atoms with Crippen LogP contribution in [0.2, 0.25) is 0 Å². The molecule has 1 aromatic carbocycles. The molecule has 1 amide bonds. The normalized spacial score (nSPS) is 13.7.